The van der Waals surface area contributed by atoms with Gasteiger partial charge in [-0.15, -0.1) is 0 Å². The zero-order chi connectivity index (χ0) is 20.9. The highest BCUT2D eigenvalue weighted by molar-refractivity contribution is 7.90. The number of nitrogens with zero attached hydrogens (tertiary/aromatic N) is 2. The van der Waals surface area contributed by atoms with Crippen LogP contribution in [0.4, 0.5) is 11.4 Å². The van der Waals surface area contributed by atoms with Crippen molar-refractivity contribution in [3.8, 4) is 0 Å². The van der Waals surface area contributed by atoms with E-state index in [1.165, 1.54) is 36.6 Å². The van der Waals surface area contributed by atoms with Crippen LogP contribution in [0, 0.1) is 0 Å². The molecule has 0 unspecified atom stereocenters. The highest BCUT2D eigenvalue weighted by atomic mass is 32.2. The molecule has 29 heavy (non-hydrogen) atoms. The Morgan fingerprint density at radius 2 is 1.69 bits per heavy atom. The third-order valence-corrected chi connectivity index (χ3v) is 6.26. The Kier molecular flexibility index (Phi) is 6.92. The van der Waals surface area contributed by atoms with Crippen LogP contribution >= 0.6 is 0 Å². The minimum Gasteiger partial charge on any atom is -0.371 e. The second-order valence-corrected chi connectivity index (χ2v) is 9.65. The van der Waals surface area contributed by atoms with E-state index in [2.05, 4.69) is 28.4 Å². The van der Waals surface area contributed by atoms with E-state index in [0.29, 0.717) is 12.2 Å². The first kappa shape index (κ1) is 21.3. The van der Waals surface area contributed by atoms with E-state index >= 15 is 0 Å². The number of piperidine rings is 1. The van der Waals surface area contributed by atoms with Crippen LogP contribution < -0.4 is 10.2 Å². The van der Waals surface area contributed by atoms with Crippen molar-refractivity contribution in [2.45, 2.75) is 30.7 Å². The van der Waals surface area contributed by atoms with Gasteiger partial charge >= 0.3 is 0 Å². The van der Waals surface area contributed by atoms with Crippen molar-refractivity contribution >= 4 is 27.1 Å². The van der Waals surface area contributed by atoms with E-state index in [-0.39, 0.29) is 17.3 Å². The van der Waals surface area contributed by atoms with E-state index in [4.69, 9.17) is 0 Å². The summed E-state index contributed by atoms with van der Waals surface area (Å²) in [6, 6.07) is 14.8. The van der Waals surface area contributed by atoms with Crippen molar-refractivity contribution in [1.82, 2.24) is 4.90 Å². The average Bonchev–Trinajstić information content (AvgIpc) is 2.68. The first-order valence-corrected chi connectivity index (χ1v) is 11.8. The van der Waals surface area contributed by atoms with E-state index in [1.54, 1.807) is 18.2 Å². The molecule has 1 amide bonds. The van der Waals surface area contributed by atoms with Gasteiger partial charge in [0.15, 0.2) is 9.84 Å². The van der Waals surface area contributed by atoms with Crippen LogP contribution in [-0.2, 0) is 21.2 Å². The molecule has 1 fully saturated rings. The SMILES string of the molecule is CN(CC(=O)Nc1ccccc1S(C)(=O)=O)Cc1ccccc1N1CCCCC1. The summed E-state index contributed by atoms with van der Waals surface area (Å²) in [6.45, 7) is 2.97. The fraction of sp³-hybridized carbons (Fsp3) is 0.409. The number of anilines is 2. The molecule has 156 valence electrons. The normalized spacial score (nSPS) is 14.8. The predicted molar refractivity (Wildman–Crippen MR) is 117 cm³/mol. The van der Waals surface area contributed by atoms with E-state index in [1.807, 2.05) is 18.0 Å². The summed E-state index contributed by atoms with van der Waals surface area (Å²) in [4.78, 5) is 17.0. The Hall–Kier alpha value is -2.38. The van der Waals surface area contributed by atoms with Gasteiger partial charge in [0.1, 0.15) is 0 Å². The molecule has 2 aromatic rings. The van der Waals surface area contributed by atoms with Crippen molar-refractivity contribution in [2.24, 2.45) is 0 Å². The number of nitrogens with one attached hydrogen (secondary N) is 1. The predicted octanol–water partition coefficient (Wildman–Crippen LogP) is 3.15. The van der Waals surface area contributed by atoms with Crippen molar-refractivity contribution in [3.05, 3.63) is 54.1 Å². The maximum atomic E-state index is 12.5. The van der Waals surface area contributed by atoms with Gasteiger partial charge in [-0.1, -0.05) is 30.3 Å². The largest absolute Gasteiger partial charge is 0.371 e. The first-order valence-electron chi connectivity index (χ1n) is 9.95. The molecule has 0 saturated carbocycles. The Bertz CT molecular complexity index is 953. The van der Waals surface area contributed by atoms with Crippen LogP contribution in [0.1, 0.15) is 24.8 Å². The number of rotatable bonds is 7. The van der Waals surface area contributed by atoms with Crippen LogP contribution in [0.15, 0.2) is 53.4 Å². The molecular formula is C22H29N3O3S. The molecule has 2 aromatic carbocycles. The Morgan fingerprint density at radius 3 is 2.41 bits per heavy atom. The summed E-state index contributed by atoms with van der Waals surface area (Å²) in [5, 5.41) is 2.74. The van der Waals surface area contributed by atoms with Gasteiger partial charge in [-0.2, -0.15) is 0 Å². The van der Waals surface area contributed by atoms with E-state index in [0.717, 1.165) is 19.3 Å². The molecule has 0 spiro atoms. The molecule has 1 heterocycles. The molecule has 1 aliphatic heterocycles. The van der Waals surface area contributed by atoms with Crippen molar-refractivity contribution in [3.63, 3.8) is 0 Å². The van der Waals surface area contributed by atoms with Gasteiger partial charge in [-0.05, 0) is 50.1 Å². The summed E-state index contributed by atoms with van der Waals surface area (Å²) in [7, 11) is -1.51. The molecule has 0 radical (unpaired) electrons. The van der Waals surface area contributed by atoms with Crippen LogP contribution in [0.3, 0.4) is 0 Å². The highest BCUT2D eigenvalue weighted by Gasteiger charge is 2.17. The highest BCUT2D eigenvalue weighted by Crippen LogP contribution is 2.25. The van der Waals surface area contributed by atoms with Gasteiger partial charge in [0.25, 0.3) is 0 Å². The quantitative estimate of drug-likeness (QED) is 0.752. The lowest BCUT2D eigenvalue weighted by molar-refractivity contribution is -0.117. The lowest BCUT2D eigenvalue weighted by atomic mass is 10.1. The second kappa shape index (κ2) is 9.41. The number of carbonyl (C=O) groups is 1. The number of likely N-dealkylation sites (N-methyl/N-ethyl adjacent to an activating group) is 1. The standard InChI is InChI=1S/C22H29N3O3S/c1-24(16-18-10-4-6-12-20(18)25-14-8-3-9-15-25)17-22(26)23-19-11-5-7-13-21(19)29(2,27)28/h4-7,10-13H,3,8-9,14-17H2,1-2H3,(H,23,26). The molecule has 6 nitrogen and oxygen atoms in total. The second-order valence-electron chi connectivity index (χ2n) is 7.67. The smallest absolute Gasteiger partial charge is 0.238 e. The maximum Gasteiger partial charge on any atom is 0.238 e. The number of sulfone groups is 1. The summed E-state index contributed by atoms with van der Waals surface area (Å²) < 4.78 is 23.8. The van der Waals surface area contributed by atoms with Crippen LogP contribution in [-0.4, -0.2) is 52.2 Å². The number of carbonyl (C=O) groups excluding carboxylic acids is 1. The number of amides is 1. The number of hydrogen-bond donors (Lipinski definition) is 1. The summed E-state index contributed by atoms with van der Waals surface area (Å²) >= 11 is 0. The third-order valence-electron chi connectivity index (χ3n) is 5.10. The van der Waals surface area contributed by atoms with Gasteiger partial charge in [0.2, 0.25) is 5.91 Å². The number of benzene rings is 2. The first-order chi connectivity index (χ1) is 13.8. The Balaban J connectivity index is 1.65. The molecule has 1 saturated heterocycles. The maximum absolute atomic E-state index is 12.5. The minimum atomic E-state index is -3.41. The molecule has 0 aliphatic carbocycles. The Morgan fingerprint density at radius 1 is 1.03 bits per heavy atom. The zero-order valence-electron chi connectivity index (χ0n) is 17.1. The molecule has 1 N–H and O–H groups in total. The Labute approximate surface area is 173 Å². The van der Waals surface area contributed by atoms with Crippen molar-refractivity contribution in [1.29, 1.82) is 0 Å². The fourth-order valence-electron chi connectivity index (χ4n) is 3.76. The summed E-state index contributed by atoms with van der Waals surface area (Å²) in [6.07, 6.45) is 4.86. The van der Waals surface area contributed by atoms with Crippen LogP contribution in [0.25, 0.3) is 0 Å². The fourth-order valence-corrected chi connectivity index (χ4v) is 4.61. The zero-order valence-corrected chi connectivity index (χ0v) is 17.9. The monoisotopic (exact) mass is 415 g/mol. The molecule has 3 rings (SSSR count). The average molecular weight is 416 g/mol. The third kappa shape index (κ3) is 5.81. The lowest BCUT2D eigenvalue weighted by Crippen LogP contribution is -2.33. The van der Waals surface area contributed by atoms with Gasteiger partial charge in [0.05, 0.1) is 17.1 Å². The van der Waals surface area contributed by atoms with Gasteiger partial charge in [0, 0.05) is 31.6 Å². The molecule has 1 aliphatic rings. The summed E-state index contributed by atoms with van der Waals surface area (Å²) in [5.74, 6) is -0.237. The van der Waals surface area contributed by atoms with Gasteiger partial charge < -0.3 is 10.2 Å². The van der Waals surface area contributed by atoms with Crippen LogP contribution in [0.5, 0.6) is 0 Å². The lowest BCUT2D eigenvalue weighted by Gasteiger charge is -2.31. The molecule has 0 bridgehead atoms. The topological polar surface area (TPSA) is 69.7 Å². The van der Waals surface area contributed by atoms with Gasteiger partial charge in [-0.3, -0.25) is 9.69 Å². The van der Waals surface area contributed by atoms with Gasteiger partial charge in [-0.25, -0.2) is 8.42 Å². The summed E-state index contributed by atoms with van der Waals surface area (Å²) in [5.41, 5.74) is 2.75. The number of hydrogen-bond acceptors (Lipinski definition) is 5. The molecule has 0 atom stereocenters. The van der Waals surface area contributed by atoms with E-state index < -0.39 is 9.84 Å². The van der Waals surface area contributed by atoms with E-state index in [9.17, 15) is 13.2 Å². The number of para-hydroxylation sites is 2. The van der Waals surface area contributed by atoms with Crippen molar-refractivity contribution < 1.29 is 13.2 Å². The minimum absolute atomic E-state index is 0.131. The molecule has 7 heteroatoms. The van der Waals surface area contributed by atoms with Crippen LogP contribution in [0.2, 0.25) is 0 Å². The van der Waals surface area contributed by atoms with Crippen molar-refractivity contribution in [2.75, 3.05) is 43.2 Å². The molecule has 0 aromatic heterocycles. The molecular weight excluding hydrogens is 386 g/mol.